The highest BCUT2D eigenvalue weighted by molar-refractivity contribution is 7.84. The van der Waals surface area contributed by atoms with Crippen molar-refractivity contribution in [3.05, 3.63) is 29.3 Å². The molecule has 0 radical (unpaired) electrons. The van der Waals surface area contributed by atoms with Crippen LogP contribution in [-0.2, 0) is 17.2 Å². The van der Waals surface area contributed by atoms with Crippen molar-refractivity contribution in [1.29, 1.82) is 0 Å². The van der Waals surface area contributed by atoms with Crippen LogP contribution in [0.1, 0.15) is 22.8 Å². The highest BCUT2D eigenvalue weighted by Crippen LogP contribution is 2.23. The van der Waals surface area contributed by atoms with Crippen molar-refractivity contribution >= 4 is 22.4 Å². The number of hydrogen-bond donors (Lipinski definition) is 2. The molecule has 2 rings (SSSR count). The lowest BCUT2D eigenvalue weighted by Gasteiger charge is -2.13. The zero-order chi connectivity index (χ0) is 13.1. The van der Waals surface area contributed by atoms with Crippen molar-refractivity contribution < 1.29 is 9.00 Å². The van der Waals surface area contributed by atoms with Gasteiger partial charge in [-0.05, 0) is 31.0 Å². The van der Waals surface area contributed by atoms with Gasteiger partial charge in [0, 0.05) is 46.6 Å². The molecule has 1 aromatic rings. The second-order valence-corrected chi connectivity index (χ2v) is 6.14. The molecule has 0 saturated heterocycles. The zero-order valence-electron chi connectivity index (χ0n) is 10.7. The van der Waals surface area contributed by atoms with Crippen molar-refractivity contribution in [2.75, 3.05) is 23.9 Å². The Hall–Kier alpha value is -1.36. The summed E-state index contributed by atoms with van der Waals surface area (Å²) < 4.78 is 11.1. The van der Waals surface area contributed by atoms with Gasteiger partial charge in [0.1, 0.15) is 0 Å². The SMILES string of the molecule is CC(CS(C)=O)NC(=O)c1ccc2c(c1)NCC2. The molecule has 0 bridgehead atoms. The van der Waals surface area contributed by atoms with Crippen LogP contribution >= 0.6 is 0 Å². The molecule has 2 atom stereocenters. The summed E-state index contributed by atoms with van der Waals surface area (Å²) in [6.07, 6.45) is 2.66. The molecule has 5 heteroatoms. The highest BCUT2D eigenvalue weighted by Gasteiger charge is 2.15. The molecule has 98 valence electrons. The molecule has 2 unspecified atom stereocenters. The van der Waals surface area contributed by atoms with Gasteiger partial charge in [-0.1, -0.05) is 6.07 Å². The highest BCUT2D eigenvalue weighted by atomic mass is 32.2. The topological polar surface area (TPSA) is 58.2 Å². The molecule has 0 saturated carbocycles. The van der Waals surface area contributed by atoms with E-state index in [-0.39, 0.29) is 11.9 Å². The number of rotatable bonds is 4. The minimum absolute atomic E-state index is 0.0791. The third-order valence-corrected chi connectivity index (χ3v) is 3.91. The summed E-state index contributed by atoms with van der Waals surface area (Å²) in [5.41, 5.74) is 2.96. The van der Waals surface area contributed by atoms with E-state index in [1.54, 1.807) is 6.26 Å². The van der Waals surface area contributed by atoms with Gasteiger partial charge >= 0.3 is 0 Å². The second kappa shape index (κ2) is 5.52. The van der Waals surface area contributed by atoms with Gasteiger partial charge in [-0.2, -0.15) is 0 Å². The van der Waals surface area contributed by atoms with Crippen LogP contribution in [0.3, 0.4) is 0 Å². The van der Waals surface area contributed by atoms with Crippen molar-refractivity contribution in [3.63, 3.8) is 0 Å². The lowest BCUT2D eigenvalue weighted by Crippen LogP contribution is -2.36. The maximum absolute atomic E-state index is 12.0. The number of benzene rings is 1. The maximum Gasteiger partial charge on any atom is 0.251 e. The molecule has 2 N–H and O–H groups in total. The Labute approximate surface area is 110 Å². The van der Waals surface area contributed by atoms with Gasteiger partial charge in [0.05, 0.1) is 0 Å². The van der Waals surface area contributed by atoms with Crippen LogP contribution in [0, 0.1) is 0 Å². The van der Waals surface area contributed by atoms with E-state index < -0.39 is 10.8 Å². The summed E-state index contributed by atoms with van der Waals surface area (Å²) >= 11 is 0. The first kappa shape index (κ1) is 13.1. The van der Waals surface area contributed by atoms with Gasteiger partial charge in [0.2, 0.25) is 0 Å². The fraction of sp³-hybridized carbons (Fsp3) is 0.462. The van der Waals surface area contributed by atoms with Crippen LogP contribution in [0.25, 0.3) is 0 Å². The summed E-state index contributed by atoms with van der Waals surface area (Å²) in [7, 11) is -0.895. The first-order valence-electron chi connectivity index (χ1n) is 6.04. The van der Waals surface area contributed by atoms with E-state index in [1.807, 2.05) is 25.1 Å². The lowest BCUT2D eigenvalue weighted by molar-refractivity contribution is 0.0944. The summed E-state index contributed by atoms with van der Waals surface area (Å²) in [6.45, 7) is 2.80. The second-order valence-electron chi connectivity index (χ2n) is 4.66. The molecule has 0 aromatic heterocycles. The Bertz CT molecular complexity index is 488. The molecular weight excluding hydrogens is 248 g/mol. The molecule has 1 amide bonds. The van der Waals surface area contributed by atoms with E-state index >= 15 is 0 Å². The lowest BCUT2D eigenvalue weighted by atomic mass is 10.1. The molecule has 1 aromatic carbocycles. The number of fused-ring (bicyclic) bond motifs is 1. The van der Waals surface area contributed by atoms with Crippen LogP contribution in [0.15, 0.2) is 18.2 Å². The van der Waals surface area contributed by atoms with Gasteiger partial charge in [0.15, 0.2) is 0 Å². The zero-order valence-corrected chi connectivity index (χ0v) is 11.5. The minimum atomic E-state index is -0.895. The van der Waals surface area contributed by atoms with E-state index in [0.717, 1.165) is 18.7 Å². The number of hydrogen-bond acceptors (Lipinski definition) is 3. The van der Waals surface area contributed by atoms with Gasteiger partial charge < -0.3 is 10.6 Å². The quantitative estimate of drug-likeness (QED) is 0.859. The van der Waals surface area contributed by atoms with Gasteiger partial charge in [-0.25, -0.2) is 0 Å². The van der Waals surface area contributed by atoms with Crippen LogP contribution < -0.4 is 10.6 Å². The number of nitrogens with one attached hydrogen (secondary N) is 2. The monoisotopic (exact) mass is 266 g/mol. The number of carbonyl (C=O) groups excluding carboxylic acids is 1. The Morgan fingerprint density at radius 2 is 2.33 bits per heavy atom. The largest absolute Gasteiger partial charge is 0.384 e. The maximum atomic E-state index is 12.0. The first-order valence-corrected chi connectivity index (χ1v) is 7.76. The molecular formula is C13H18N2O2S. The van der Waals surface area contributed by atoms with Crippen molar-refractivity contribution in [2.45, 2.75) is 19.4 Å². The van der Waals surface area contributed by atoms with Crippen LogP contribution in [0.2, 0.25) is 0 Å². The van der Waals surface area contributed by atoms with E-state index in [0.29, 0.717) is 11.3 Å². The molecule has 0 fully saturated rings. The standard InChI is InChI=1S/C13H18N2O2S/c1-9(8-18(2)17)15-13(16)11-4-3-10-5-6-14-12(10)7-11/h3-4,7,9,14H,5-6,8H2,1-2H3,(H,15,16). The predicted octanol–water partition coefficient (Wildman–Crippen LogP) is 1.15. The number of carbonyl (C=O) groups is 1. The van der Waals surface area contributed by atoms with E-state index in [2.05, 4.69) is 10.6 Å². The fourth-order valence-corrected chi connectivity index (χ4v) is 2.92. The third-order valence-electron chi connectivity index (χ3n) is 2.94. The smallest absolute Gasteiger partial charge is 0.251 e. The Balaban J connectivity index is 2.03. The molecule has 1 heterocycles. The predicted molar refractivity (Wildman–Crippen MR) is 74.5 cm³/mol. The average molecular weight is 266 g/mol. The molecule has 4 nitrogen and oxygen atoms in total. The van der Waals surface area contributed by atoms with Crippen molar-refractivity contribution in [3.8, 4) is 0 Å². The molecule has 18 heavy (non-hydrogen) atoms. The number of amides is 1. The van der Waals surface area contributed by atoms with Crippen LogP contribution in [-0.4, -0.2) is 34.7 Å². The van der Waals surface area contributed by atoms with Crippen molar-refractivity contribution in [1.82, 2.24) is 5.32 Å². The summed E-state index contributed by atoms with van der Waals surface area (Å²) in [6, 6.07) is 5.64. The average Bonchev–Trinajstić information content (AvgIpc) is 2.74. The Morgan fingerprint density at radius 1 is 1.56 bits per heavy atom. The van der Waals surface area contributed by atoms with Gasteiger partial charge in [-0.15, -0.1) is 0 Å². The summed E-state index contributed by atoms with van der Waals surface area (Å²) in [5, 5.41) is 6.11. The molecule has 1 aliphatic rings. The van der Waals surface area contributed by atoms with Crippen LogP contribution in [0.4, 0.5) is 5.69 Å². The van der Waals surface area contributed by atoms with Crippen molar-refractivity contribution in [2.24, 2.45) is 0 Å². The van der Waals surface area contributed by atoms with Gasteiger partial charge in [0.25, 0.3) is 5.91 Å². The van der Waals surface area contributed by atoms with Crippen LogP contribution in [0.5, 0.6) is 0 Å². The van der Waals surface area contributed by atoms with E-state index in [4.69, 9.17) is 0 Å². The molecule has 1 aliphatic heterocycles. The van der Waals surface area contributed by atoms with E-state index in [9.17, 15) is 9.00 Å². The first-order chi connectivity index (χ1) is 8.56. The Kier molecular flexibility index (Phi) is 4.01. The summed E-state index contributed by atoms with van der Waals surface area (Å²) in [5.74, 6) is 0.374. The minimum Gasteiger partial charge on any atom is -0.384 e. The number of anilines is 1. The Morgan fingerprint density at radius 3 is 3.06 bits per heavy atom. The fourth-order valence-electron chi connectivity index (χ4n) is 2.13. The molecule has 0 spiro atoms. The summed E-state index contributed by atoms with van der Waals surface area (Å²) in [4.78, 5) is 12.0. The van der Waals surface area contributed by atoms with Gasteiger partial charge in [-0.3, -0.25) is 9.00 Å². The van der Waals surface area contributed by atoms with E-state index in [1.165, 1.54) is 5.56 Å². The molecule has 0 aliphatic carbocycles. The third kappa shape index (κ3) is 3.10. The normalized spacial score (nSPS) is 16.6.